The van der Waals surface area contributed by atoms with Crippen molar-refractivity contribution in [3.8, 4) is 5.75 Å². The molecule has 0 bridgehead atoms. The summed E-state index contributed by atoms with van der Waals surface area (Å²) in [6.45, 7) is 0.655. The third kappa shape index (κ3) is 4.97. The van der Waals surface area contributed by atoms with E-state index in [0.717, 1.165) is 16.4 Å². The fraction of sp³-hybridized carbons (Fsp3) is 0.312. The highest BCUT2D eigenvalue weighted by Gasteiger charge is 2.12. The molecule has 3 nitrogen and oxygen atoms in total. The molecular formula is C16H19NO2S3. The number of carbonyl (C=O) groups is 1. The Morgan fingerprint density at radius 1 is 1.36 bits per heavy atom. The topological polar surface area (TPSA) is 38.3 Å². The van der Waals surface area contributed by atoms with Gasteiger partial charge in [-0.1, -0.05) is 6.07 Å². The second-order valence-electron chi connectivity index (χ2n) is 4.45. The number of rotatable bonds is 8. The van der Waals surface area contributed by atoms with E-state index in [0.29, 0.717) is 17.9 Å². The summed E-state index contributed by atoms with van der Waals surface area (Å²) < 4.78 is 5.31. The molecule has 1 aromatic carbocycles. The first-order valence-corrected chi connectivity index (χ1v) is 10.1. The van der Waals surface area contributed by atoms with Crippen molar-refractivity contribution >= 4 is 40.8 Å². The number of hydrogen-bond acceptors (Lipinski definition) is 5. The Morgan fingerprint density at radius 3 is 2.91 bits per heavy atom. The molecule has 6 heteroatoms. The van der Waals surface area contributed by atoms with E-state index in [1.54, 1.807) is 30.2 Å². The number of hydrogen-bond donors (Lipinski definition) is 1. The van der Waals surface area contributed by atoms with Crippen molar-refractivity contribution in [3.05, 3.63) is 46.2 Å². The van der Waals surface area contributed by atoms with Crippen molar-refractivity contribution in [2.75, 3.05) is 25.7 Å². The first-order chi connectivity index (χ1) is 10.7. The van der Waals surface area contributed by atoms with Gasteiger partial charge < -0.3 is 10.1 Å². The van der Waals surface area contributed by atoms with E-state index in [9.17, 15) is 4.79 Å². The molecule has 1 aromatic heterocycles. The quantitative estimate of drug-likeness (QED) is 0.572. The fourth-order valence-corrected chi connectivity index (χ4v) is 4.01. The van der Waals surface area contributed by atoms with Crippen molar-refractivity contribution < 1.29 is 9.53 Å². The molecule has 0 aliphatic rings. The van der Waals surface area contributed by atoms with Crippen LogP contribution in [0, 0.1) is 0 Å². The maximum absolute atomic E-state index is 12.2. The molecule has 0 fully saturated rings. The van der Waals surface area contributed by atoms with Crippen LogP contribution in [-0.4, -0.2) is 31.6 Å². The zero-order chi connectivity index (χ0) is 15.8. The SMILES string of the molecule is COc1cc(SC)ccc1C(=O)NCCSCc1cccs1. The highest BCUT2D eigenvalue weighted by Crippen LogP contribution is 2.25. The molecule has 0 saturated heterocycles. The van der Waals surface area contributed by atoms with Gasteiger partial charge in [-0.15, -0.1) is 23.1 Å². The first-order valence-electron chi connectivity index (χ1n) is 6.85. The predicted octanol–water partition coefficient (Wildman–Crippen LogP) is 4.14. The van der Waals surface area contributed by atoms with Gasteiger partial charge in [-0.25, -0.2) is 0 Å². The summed E-state index contributed by atoms with van der Waals surface area (Å²) in [4.78, 5) is 14.7. The molecule has 1 amide bonds. The van der Waals surface area contributed by atoms with Crippen LogP contribution >= 0.6 is 34.9 Å². The minimum absolute atomic E-state index is 0.0822. The van der Waals surface area contributed by atoms with Gasteiger partial charge in [0.05, 0.1) is 12.7 Å². The van der Waals surface area contributed by atoms with E-state index in [-0.39, 0.29) is 5.91 Å². The molecule has 2 aromatic rings. The summed E-state index contributed by atoms with van der Waals surface area (Å²) in [5, 5.41) is 5.03. The number of thiophene rings is 1. The molecule has 1 heterocycles. The van der Waals surface area contributed by atoms with Crippen LogP contribution in [0.25, 0.3) is 0 Å². The standard InChI is InChI=1S/C16H19NO2S3/c1-19-15-10-12(20-2)5-6-14(15)16(18)17-7-9-21-11-13-4-3-8-22-13/h3-6,8,10H,7,9,11H2,1-2H3,(H,17,18). The third-order valence-electron chi connectivity index (χ3n) is 3.01. The Balaban J connectivity index is 1.79. The molecule has 0 atom stereocenters. The Kier molecular flexibility index (Phi) is 7.15. The van der Waals surface area contributed by atoms with E-state index in [2.05, 4.69) is 22.8 Å². The summed E-state index contributed by atoms with van der Waals surface area (Å²) in [7, 11) is 1.59. The lowest BCUT2D eigenvalue weighted by molar-refractivity contribution is 0.0953. The number of amides is 1. The lowest BCUT2D eigenvalue weighted by atomic mass is 10.2. The number of ether oxygens (including phenoxy) is 1. The zero-order valence-corrected chi connectivity index (χ0v) is 15.1. The molecular weight excluding hydrogens is 334 g/mol. The van der Waals surface area contributed by atoms with Gasteiger partial charge in [0.15, 0.2) is 0 Å². The zero-order valence-electron chi connectivity index (χ0n) is 12.6. The molecule has 0 radical (unpaired) electrons. The van der Waals surface area contributed by atoms with Crippen LogP contribution in [-0.2, 0) is 5.75 Å². The van der Waals surface area contributed by atoms with Gasteiger partial charge in [0.2, 0.25) is 0 Å². The maximum atomic E-state index is 12.2. The Bertz CT molecular complexity index is 599. The minimum Gasteiger partial charge on any atom is -0.496 e. The van der Waals surface area contributed by atoms with Crippen molar-refractivity contribution in [2.24, 2.45) is 0 Å². The van der Waals surface area contributed by atoms with E-state index in [1.807, 2.05) is 36.2 Å². The number of benzene rings is 1. The van der Waals surface area contributed by atoms with Crippen LogP contribution in [0.2, 0.25) is 0 Å². The smallest absolute Gasteiger partial charge is 0.255 e. The summed E-state index contributed by atoms with van der Waals surface area (Å²) >= 11 is 5.22. The third-order valence-corrected chi connectivity index (χ3v) is 5.80. The molecule has 2 rings (SSSR count). The molecule has 118 valence electrons. The number of nitrogens with one attached hydrogen (secondary N) is 1. The lowest BCUT2D eigenvalue weighted by Gasteiger charge is -2.10. The second kappa shape index (κ2) is 9.12. The Labute approximate surface area is 143 Å². The van der Waals surface area contributed by atoms with Crippen molar-refractivity contribution in [1.82, 2.24) is 5.32 Å². The fourth-order valence-electron chi connectivity index (χ4n) is 1.89. The van der Waals surface area contributed by atoms with E-state index < -0.39 is 0 Å². The van der Waals surface area contributed by atoms with Crippen molar-refractivity contribution in [2.45, 2.75) is 10.6 Å². The van der Waals surface area contributed by atoms with Crippen LogP contribution in [0.4, 0.5) is 0 Å². The van der Waals surface area contributed by atoms with Crippen LogP contribution in [0.1, 0.15) is 15.2 Å². The van der Waals surface area contributed by atoms with Gasteiger partial charge in [-0.05, 0) is 35.9 Å². The Morgan fingerprint density at radius 2 is 2.23 bits per heavy atom. The van der Waals surface area contributed by atoms with Crippen LogP contribution in [0.15, 0.2) is 40.6 Å². The number of carbonyl (C=O) groups excluding carboxylic acids is 1. The summed E-state index contributed by atoms with van der Waals surface area (Å²) in [5.74, 6) is 2.44. The summed E-state index contributed by atoms with van der Waals surface area (Å²) in [6.07, 6.45) is 2.00. The maximum Gasteiger partial charge on any atom is 0.255 e. The van der Waals surface area contributed by atoms with Gasteiger partial charge >= 0.3 is 0 Å². The molecule has 1 N–H and O–H groups in total. The van der Waals surface area contributed by atoms with Gasteiger partial charge in [0, 0.05) is 27.8 Å². The highest BCUT2D eigenvalue weighted by atomic mass is 32.2. The van der Waals surface area contributed by atoms with Crippen LogP contribution in [0.3, 0.4) is 0 Å². The molecule has 0 spiro atoms. The van der Waals surface area contributed by atoms with Crippen molar-refractivity contribution in [1.29, 1.82) is 0 Å². The van der Waals surface area contributed by atoms with Crippen LogP contribution < -0.4 is 10.1 Å². The molecule has 0 saturated carbocycles. The van der Waals surface area contributed by atoms with Crippen LogP contribution in [0.5, 0.6) is 5.75 Å². The average Bonchev–Trinajstić information content (AvgIpc) is 3.07. The first kappa shape index (κ1) is 17.2. The summed E-state index contributed by atoms with van der Waals surface area (Å²) in [5.41, 5.74) is 0.587. The van der Waals surface area contributed by atoms with Gasteiger partial charge in [0.25, 0.3) is 5.91 Å². The van der Waals surface area contributed by atoms with E-state index in [1.165, 1.54) is 4.88 Å². The van der Waals surface area contributed by atoms with E-state index in [4.69, 9.17) is 4.74 Å². The second-order valence-corrected chi connectivity index (χ2v) is 7.47. The summed E-state index contributed by atoms with van der Waals surface area (Å²) in [6, 6.07) is 9.85. The molecule has 0 unspecified atom stereocenters. The predicted molar refractivity (Wildman–Crippen MR) is 97.6 cm³/mol. The number of thioether (sulfide) groups is 2. The van der Waals surface area contributed by atoms with Gasteiger partial charge in [-0.2, -0.15) is 11.8 Å². The normalized spacial score (nSPS) is 10.5. The van der Waals surface area contributed by atoms with Crippen molar-refractivity contribution in [3.63, 3.8) is 0 Å². The Hall–Kier alpha value is -1.11. The van der Waals surface area contributed by atoms with Gasteiger partial charge in [-0.3, -0.25) is 4.79 Å². The molecule has 22 heavy (non-hydrogen) atoms. The molecule has 0 aliphatic carbocycles. The van der Waals surface area contributed by atoms with E-state index >= 15 is 0 Å². The monoisotopic (exact) mass is 353 g/mol. The average molecular weight is 354 g/mol. The largest absolute Gasteiger partial charge is 0.496 e. The van der Waals surface area contributed by atoms with Gasteiger partial charge in [0.1, 0.15) is 5.75 Å². The molecule has 0 aliphatic heterocycles. The minimum atomic E-state index is -0.0822. The highest BCUT2D eigenvalue weighted by molar-refractivity contribution is 7.98. The number of methoxy groups -OCH3 is 1. The lowest BCUT2D eigenvalue weighted by Crippen LogP contribution is -2.26.